The summed E-state index contributed by atoms with van der Waals surface area (Å²) in [4.78, 5) is 11.2. The Morgan fingerprint density at radius 1 is 1.06 bits per heavy atom. The highest BCUT2D eigenvalue weighted by atomic mass is 16.5. The molecule has 0 bridgehead atoms. The molecule has 0 unspecified atom stereocenters. The summed E-state index contributed by atoms with van der Waals surface area (Å²) in [6, 6.07) is 0. The Morgan fingerprint density at radius 2 is 1.56 bits per heavy atom. The third-order valence-electron chi connectivity index (χ3n) is 2.32. The van der Waals surface area contributed by atoms with Gasteiger partial charge in [-0.1, -0.05) is 13.8 Å². The molecule has 0 aliphatic carbocycles. The van der Waals surface area contributed by atoms with Gasteiger partial charge in [0.25, 0.3) is 0 Å². The van der Waals surface area contributed by atoms with Gasteiger partial charge >= 0.3 is 5.97 Å². The molecule has 108 valence electrons. The molecule has 0 aliphatic heterocycles. The quantitative estimate of drug-likeness (QED) is 0.322. The van der Waals surface area contributed by atoms with E-state index in [1.165, 1.54) is 0 Å². The fourth-order valence-electron chi connectivity index (χ4n) is 1.23. The number of aliphatic hydroxyl groups excluding tert-OH is 5. The van der Waals surface area contributed by atoms with Gasteiger partial charge in [0, 0.05) is 6.42 Å². The molecule has 0 radical (unpaired) electrons. The first-order valence-corrected chi connectivity index (χ1v) is 5.78. The SMILES string of the molecule is CC(C)CC(=O)OC[C@H](O)[C@@H](O)[C@H](O)[C@H](O)CO. The van der Waals surface area contributed by atoms with E-state index in [-0.39, 0.29) is 12.3 Å². The van der Waals surface area contributed by atoms with Crippen molar-refractivity contribution < 1.29 is 35.1 Å². The second-order valence-electron chi connectivity index (χ2n) is 4.58. The van der Waals surface area contributed by atoms with E-state index in [9.17, 15) is 20.1 Å². The van der Waals surface area contributed by atoms with Crippen LogP contribution in [0.2, 0.25) is 0 Å². The van der Waals surface area contributed by atoms with Gasteiger partial charge in [-0.2, -0.15) is 0 Å². The number of aliphatic hydroxyl groups is 5. The lowest BCUT2D eigenvalue weighted by Gasteiger charge is -2.25. The topological polar surface area (TPSA) is 127 Å². The number of carbonyl (C=O) groups excluding carboxylic acids is 1. The third-order valence-corrected chi connectivity index (χ3v) is 2.32. The molecule has 0 saturated heterocycles. The summed E-state index contributed by atoms with van der Waals surface area (Å²) in [7, 11) is 0. The molecule has 0 saturated carbocycles. The fourth-order valence-corrected chi connectivity index (χ4v) is 1.23. The van der Waals surface area contributed by atoms with Gasteiger partial charge in [0.05, 0.1) is 6.61 Å². The average molecular weight is 266 g/mol. The fraction of sp³-hybridized carbons (Fsp3) is 0.909. The molecule has 0 fully saturated rings. The van der Waals surface area contributed by atoms with Crippen LogP contribution in [0.1, 0.15) is 20.3 Å². The van der Waals surface area contributed by atoms with Crippen LogP contribution >= 0.6 is 0 Å². The van der Waals surface area contributed by atoms with Crippen LogP contribution in [0.15, 0.2) is 0 Å². The summed E-state index contributed by atoms with van der Waals surface area (Å²) in [5.74, 6) is -0.408. The minimum atomic E-state index is -1.71. The molecular weight excluding hydrogens is 244 g/mol. The lowest BCUT2D eigenvalue weighted by molar-refractivity contribution is -0.156. The molecule has 5 N–H and O–H groups in total. The minimum absolute atomic E-state index is 0.112. The van der Waals surface area contributed by atoms with Crippen LogP contribution in [-0.4, -0.2) is 69.1 Å². The molecule has 0 aromatic heterocycles. The number of esters is 1. The van der Waals surface area contributed by atoms with E-state index in [4.69, 9.17) is 14.9 Å². The average Bonchev–Trinajstić information content (AvgIpc) is 2.32. The number of hydrogen-bond acceptors (Lipinski definition) is 7. The molecule has 0 amide bonds. The van der Waals surface area contributed by atoms with Crippen LogP contribution in [0.25, 0.3) is 0 Å². The van der Waals surface area contributed by atoms with Gasteiger partial charge in [-0.05, 0) is 5.92 Å². The lowest BCUT2D eigenvalue weighted by atomic mass is 10.0. The predicted octanol–water partition coefficient (Wildman–Crippen LogP) is -1.99. The van der Waals surface area contributed by atoms with Crippen molar-refractivity contribution >= 4 is 5.97 Å². The van der Waals surface area contributed by atoms with Gasteiger partial charge in [-0.3, -0.25) is 4.79 Å². The van der Waals surface area contributed by atoms with Crippen molar-refractivity contribution in [2.75, 3.05) is 13.2 Å². The zero-order valence-corrected chi connectivity index (χ0v) is 10.6. The Labute approximate surface area is 106 Å². The Hall–Kier alpha value is -0.730. The molecule has 18 heavy (non-hydrogen) atoms. The number of hydrogen-bond donors (Lipinski definition) is 5. The smallest absolute Gasteiger partial charge is 0.306 e. The lowest BCUT2D eigenvalue weighted by Crippen LogP contribution is -2.47. The first kappa shape index (κ1) is 17.3. The van der Waals surface area contributed by atoms with Gasteiger partial charge in [0.1, 0.15) is 31.0 Å². The van der Waals surface area contributed by atoms with Gasteiger partial charge in [0.2, 0.25) is 0 Å². The van der Waals surface area contributed by atoms with Crippen LogP contribution in [0.5, 0.6) is 0 Å². The maximum Gasteiger partial charge on any atom is 0.306 e. The zero-order valence-electron chi connectivity index (χ0n) is 10.6. The molecular formula is C11H22O7. The van der Waals surface area contributed by atoms with Crippen molar-refractivity contribution in [3.63, 3.8) is 0 Å². The summed E-state index contributed by atoms with van der Waals surface area (Å²) in [6.07, 6.45) is -6.34. The van der Waals surface area contributed by atoms with E-state index in [1.807, 2.05) is 13.8 Å². The summed E-state index contributed by atoms with van der Waals surface area (Å²) in [5, 5.41) is 45.8. The highest BCUT2D eigenvalue weighted by Crippen LogP contribution is 2.07. The maximum atomic E-state index is 11.2. The van der Waals surface area contributed by atoms with Gasteiger partial charge < -0.3 is 30.3 Å². The molecule has 7 heteroatoms. The molecule has 0 rings (SSSR count). The first-order valence-electron chi connectivity index (χ1n) is 5.78. The zero-order chi connectivity index (χ0) is 14.3. The summed E-state index contributed by atoms with van der Waals surface area (Å²) in [5.41, 5.74) is 0. The summed E-state index contributed by atoms with van der Waals surface area (Å²) < 4.78 is 4.70. The van der Waals surface area contributed by atoms with Crippen molar-refractivity contribution in [2.45, 2.75) is 44.7 Å². The van der Waals surface area contributed by atoms with E-state index in [0.29, 0.717) is 0 Å². The van der Waals surface area contributed by atoms with Gasteiger partial charge in [-0.15, -0.1) is 0 Å². The Balaban J connectivity index is 4.08. The van der Waals surface area contributed by atoms with Crippen molar-refractivity contribution in [1.29, 1.82) is 0 Å². The molecule has 7 nitrogen and oxygen atoms in total. The second-order valence-corrected chi connectivity index (χ2v) is 4.58. The Kier molecular flexibility index (Phi) is 8.05. The third kappa shape index (κ3) is 6.27. The van der Waals surface area contributed by atoms with Crippen LogP contribution in [0.4, 0.5) is 0 Å². The Bertz CT molecular complexity index is 244. The maximum absolute atomic E-state index is 11.2. The predicted molar refractivity (Wildman–Crippen MR) is 61.5 cm³/mol. The first-order chi connectivity index (χ1) is 8.29. The highest BCUT2D eigenvalue weighted by Gasteiger charge is 2.30. The van der Waals surface area contributed by atoms with E-state index in [0.717, 1.165) is 0 Å². The van der Waals surface area contributed by atoms with E-state index >= 15 is 0 Å². The number of carbonyl (C=O) groups is 1. The number of ether oxygens (including phenoxy) is 1. The second kappa shape index (κ2) is 8.39. The largest absolute Gasteiger partial charge is 0.463 e. The van der Waals surface area contributed by atoms with Crippen molar-refractivity contribution in [1.82, 2.24) is 0 Å². The van der Waals surface area contributed by atoms with Crippen molar-refractivity contribution in [3.05, 3.63) is 0 Å². The van der Waals surface area contributed by atoms with Crippen molar-refractivity contribution in [2.24, 2.45) is 5.92 Å². The van der Waals surface area contributed by atoms with E-state index < -0.39 is 43.6 Å². The van der Waals surface area contributed by atoms with E-state index in [1.54, 1.807) is 0 Å². The normalized spacial score (nSPS) is 18.2. The van der Waals surface area contributed by atoms with Crippen LogP contribution < -0.4 is 0 Å². The monoisotopic (exact) mass is 266 g/mol. The highest BCUT2D eigenvalue weighted by molar-refractivity contribution is 5.69. The molecule has 0 aromatic carbocycles. The molecule has 0 aliphatic rings. The van der Waals surface area contributed by atoms with Crippen LogP contribution in [0, 0.1) is 5.92 Å². The van der Waals surface area contributed by atoms with Gasteiger partial charge in [-0.25, -0.2) is 0 Å². The van der Waals surface area contributed by atoms with Crippen molar-refractivity contribution in [3.8, 4) is 0 Å². The standard InChI is InChI=1S/C11H22O7/c1-6(2)3-9(15)18-5-8(14)11(17)10(16)7(13)4-12/h6-8,10-14,16-17H,3-5H2,1-2H3/t7-,8+,10-,11-/m1/s1. The van der Waals surface area contributed by atoms with Crippen LogP contribution in [0.3, 0.4) is 0 Å². The Morgan fingerprint density at radius 3 is 2.00 bits per heavy atom. The molecule has 4 atom stereocenters. The van der Waals surface area contributed by atoms with Crippen LogP contribution in [-0.2, 0) is 9.53 Å². The molecule has 0 heterocycles. The minimum Gasteiger partial charge on any atom is -0.463 e. The molecule has 0 aromatic rings. The molecule has 0 spiro atoms. The summed E-state index contributed by atoms with van der Waals surface area (Å²) in [6.45, 7) is 2.42. The summed E-state index contributed by atoms with van der Waals surface area (Å²) >= 11 is 0. The van der Waals surface area contributed by atoms with E-state index in [2.05, 4.69) is 0 Å². The van der Waals surface area contributed by atoms with Gasteiger partial charge in [0.15, 0.2) is 0 Å². The number of rotatable bonds is 8.